The molecule has 1 aromatic heterocycles. The van der Waals surface area contributed by atoms with Gasteiger partial charge in [0.2, 0.25) is 11.8 Å². The number of piperidine rings is 1. The topological polar surface area (TPSA) is 91.3 Å². The second kappa shape index (κ2) is 8.64. The van der Waals surface area contributed by atoms with E-state index in [4.69, 9.17) is 0 Å². The predicted molar refractivity (Wildman–Crippen MR) is 88.1 cm³/mol. The second-order valence-electron chi connectivity index (χ2n) is 6.07. The number of carbonyl (C=O) groups excluding carboxylic acids is 2. The molecule has 0 saturated carbocycles. The average Bonchev–Trinajstić information content (AvgIpc) is 2.94. The Morgan fingerprint density at radius 2 is 2.26 bits per heavy atom. The van der Waals surface area contributed by atoms with E-state index in [2.05, 4.69) is 21.0 Å². The van der Waals surface area contributed by atoms with Crippen molar-refractivity contribution in [3.63, 3.8) is 0 Å². The number of likely N-dealkylation sites (N-methyl/N-ethyl adjacent to an activating group) is 1. The van der Waals surface area contributed by atoms with Gasteiger partial charge in [-0.3, -0.25) is 14.3 Å². The van der Waals surface area contributed by atoms with Gasteiger partial charge in [0.05, 0.1) is 17.9 Å². The number of nitrogens with zero attached hydrogens (tertiary/aromatic N) is 3. The standard InChI is InChI=1S/C15H26N6O2/c1-20(2)8-7-17-14(22)11-21-10-12(9-18-21)19-15(23)13-5-3-4-6-16-13/h9-10,13,16H,3-8,11H2,1-2H3,(H,17,22)(H,19,23)/t13-/m1/s1. The van der Waals surface area contributed by atoms with E-state index in [0.717, 1.165) is 32.4 Å². The fourth-order valence-electron chi connectivity index (χ4n) is 2.44. The molecule has 2 amide bonds. The van der Waals surface area contributed by atoms with E-state index in [1.165, 1.54) is 4.68 Å². The first-order valence-electron chi connectivity index (χ1n) is 8.03. The molecule has 1 aromatic rings. The summed E-state index contributed by atoms with van der Waals surface area (Å²) in [4.78, 5) is 25.9. The molecule has 0 unspecified atom stereocenters. The maximum atomic E-state index is 12.1. The highest BCUT2D eigenvalue weighted by atomic mass is 16.2. The van der Waals surface area contributed by atoms with E-state index < -0.39 is 0 Å². The van der Waals surface area contributed by atoms with Crippen LogP contribution in [0.25, 0.3) is 0 Å². The van der Waals surface area contributed by atoms with Gasteiger partial charge in [-0.15, -0.1) is 0 Å². The lowest BCUT2D eigenvalue weighted by Crippen LogP contribution is -2.43. The second-order valence-corrected chi connectivity index (χ2v) is 6.07. The number of hydrogen-bond donors (Lipinski definition) is 3. The van der Waals surface area contributed by atoms with Gasteiger partial charge >= 0.3 is 0 Å². The van der Waals surface area contributed by atoms with Crippen LogP contribution in [0.1, 0.15) is 19.3 Å². The third kappa shape index (κ3) is 5.99. The Morgan fingerprint density at radius 3 is 2.96 bits per heavy atom. The van der Waals surface area contributed by atoms with Crippen molar-refractivity contribution in [2.45, 2.75) is 31.8 Å². The summed E-state index contributed by atoms with van der Waals surface area (Å²) < 4.78 is 1.52. The Kier molecular flexibility index (Phi) is 6.54. The molecule has 0 aliphatic carbocycles. The van der Waals surface area contributed by atoms with Crippen LogP contribution in [0.4, 0.5) is 5.69 Å². The molecule has 1 saturated heterocycles. The largest absolute Gasteiger partial charge is 0.353 e. The fraction of sp³-hybridized carbons (Fsp3) is 0.667. The predicted octanol–water partition coefficient (Wildman–Crippen LogP) is -0.358. The summed E-state index contributed by atoms with van der Waals surface area (Å²) in [5, 5.41) is 13.0. The fourth-order valence-corrected chi connectivity index (χ4v) is 2.44. The summed E-state index contributed by atoms with van der Waals surface area (Å²) in [6, 6.07) is -0.138. The summed E-state index contributed by atoms with van der Waals surface area (Å²) in [6.07, 6.45) is 6.27. The molecule has 0 radical (unpaired) electrons. The molecule has 128 valence electrons. The van der Waals surface area contributed by atoms with Gasteiger partial charge in [0.25, 0.3) is 0 Å². The van der Waals surface area contributed by atoms with Gasteiger partial charge in [0.1, 0.15) is 6.54 Å². The van der Waals surface area contributed by atoms with Crippen LogP contribution < -0.4 is 16.0 Å². The zero-order valence-electron chi connectivity index (χ0n) is 13.8. The van der Waals surface area contributed by atoms with Gasteiger partial charge in [-0.05, 0) is 33.5 Å². The van der Waals surface area contributed by atoms with Crippen LogP contribution in [0.2, 0.25) is 0 Å². The molecule has 0 spiro atoms. The van der Waals surface area contributed by atoms with E-state index in [-0.39, 0.29) is 24.4 Å². The van der Waals surface area contributed by atoms with Crippen LogP contribution in [0.15, 0.2) is 12.4 Å². The molecule has 23 heavy (non-hydrogen) atoms. The molecule has 3 N–H and O–H groups in total. The highest BCUT2D eigenvalue weighted by molar-refractivity contribution is 5.94. The van der Waals surface area contributed by atoms with Crippen molar-refractivity contribution in [1.82, 2.24) is 25.3 Å². The zero-order chi connectivity index (χ0) is 16.7. The Morgan fingerprint density at radius 1 is 1.43 bits per heavy atom. The minimum Gasteiger partial charge on any atom is -0.353 e. The Labute approximate surface area is 136 Å². The van der Waals surface area contributed by atoms with Crippen LogP contribution >= 0.6 is 0 Å². The van der Waals surface area contributed by atoms with Crippen LogP contribution in [0.3, 0.4) is 0 Å². The van der Waals surface area contributed by atoms with Crippen molar-refractivity contribution < 1.29 is 9.59 Å². The number of aromatic nitrogens is 2. The third-order valence-electron chi connectivity index (χ3n) is 3.71. The zero-order valence-corrected chi connectivity index (χ0v) is 13.8. The maximum absolute atomic E-state index is 12.1. The van der Waals surface area contributed by atoms with Crippen LogP contribution in [0.5, 0.6) is 0 Å². The minimum absolute atomic E-state index is 0.0420. The van der Waals surface area contributed by atoms with E-state index in [1.54, 1.807) is 12.4 Å². The monoisotopic (exact) mass is 322 g/mol. The molecule has 0 aromatic carbocycles. The number of amides is 2. The maximum Gasteiger partial charge on any atom is 0.241 e. The molecule has 0 bridgehead atoms. The van der Waals surface area contributed by atoms with Gasteiger partial charge in [-0.25, -0.2) is 0 Å². The van der Waals surface area contributed by atoms with Gasteiger partial charge in [-0.1, -0.05) is 6.42 Å². The lowest BCUT2D eigenvalue weighted by Gasteiger charge is -2.22. The van der Waals surface area contributed by atoms with E-state index in [9.17, 15) is 9.59 Å². The molecule has 8 nitrogen and oxygen atoms in total. The van der Waals surface area contributed by atoms with Crippen molar-refractivity contribution in [1.29, 1.82) is 0 Å². The first-order valence-corrected chi connectivity index (χ1v) is 8.03. The quantitative estimate of drug-likeness (QED) is 0.638. The van der Waals surface area contributed by atoms with Crippen LogP contribution in [-0.4, -0.2) is 66.3 Å². The van der Waals surface area contributed by atoms with E-state index >= 15 is 0 Å². The molecule has 2 rings (SSSR count). The molecule has 2 heterocycles. The molecule has 1 aliphatic heterocycles. The molecule has 1 aliphatic rings. The van der Waals surface area contributed by atoms with Gasteiger partial charge < -0.3 is 20.9 Å². The Balaban J connectivity index is 1.76. The number of anilines is 1. The summed E-state index contributed by atoms with van der Waals surface area (Å²) in [6.45, 7) is 2.42. The lowest BCUT2D eigenvalue weighted by atomic mass is 10.0. The van der Waals surface area contributed by atoms with E-state index in [1.807, 2.05) is 19.0 Å². The number of hydrogen-bond acceptors (Lipinski definition) is 5. The Bertz CT molecular complexity index is 522. The summed E-state index contributed by atoms with van der Waals surface area (Å²) >= 11 is 0. The third-order valence-corrected chi connectivity index (χ3v) is 3.71. The van der Waals surface area contributed by atoms with Crippen LogP contribution in [0, 0.1) is 0 Å². The van der Waals surface area contributed by atoms with Crippen LogP contribution in [-0.2, 0) is 16.1 Å². The SMILES string of the molecule is CN(C)CCNC(=O)Cn1cc(NC(=O)[C@H]2CCCCN2)cn1. The first kappa shape index (κ1) is 17.4. The van der Waals surface area contributed by atoms with Crippen molar-refractivity contribution in [3.05, 3.63) is 12.4 Å². The summed E-state index contributed by atoms with van der Waals surface area (Å²) in [5.74, 6) is -0.138. The first-order chi connectivity index (χ1) is 11.0. The van der Waals surface area contributed by atoms with E-state index in [0.29, 0.717) is 12.2 Å². The van der Waals surface area contributed by atoms with Crippen molar-refractivity contribution >= 4 is 17.5 Å². The minimum atomic E-state index is -0.138. The van der Waals surface area contributed by atoms with Gasteiger partial charge in [0.15, 0.2) is 0 Å². The highest BCUT2D eigenvalue weighted by Gasteiger charge is 2.20. The number of rotatable bonds is 7. The van der Waals surface area contributed by atoms with Crippen molar-refractivity contribution in [2.24, 2.45) is 0 Å². The summed E-state index contributed by atoms with van der Waals surface area (Å²) in [5.41, 5.74) is 0.614. The molecule has 8 heteroatoms. The Hall–Kier alpha value is -1.93. The van der Waals surface area contributed by atoms with Gasteiger partial charge in [0, 0.05) is 19.3 Å². The van der Waals surface area contributed by atoms with Crippen molar-refractivity contribution in [3.8, 4) is 0 Å². The molecule has 1 fully saturated rings. The molecular weight excluding hydrogens is 296 g/mol. The van der Waals surface area contributed by atoms with Gasteiger partial charge in [-0.2, -0.15) is 5.10 Å². The number of carbonyl (C=O) groups is 2. The molecule has 1 atom stereocenters. The number of nitrogens with one attached hydrogen (secondary N) is 3. The normalized spacial score (nSPS) is 18.0. The smallest absolute Gasteiger partial charge is 0.241 e. The summed E-state index contributed by atoms with van der Waals surface area (Å²) in [7, 11) is 3.91. The highest BCUT2D eigenvalue weighted by Crippen LogP contribution is 2.11. The van der Waals surface area contributed by atoms with Crippen molar-refractivity contribution in [2.75, 3.05) is 39.0 Å². The average molecular weight is 322 g/mol. The molecular formula is C15H26N6O2. The lowest BCUT2D eigenvalue weighted by molar-refractivity contribution is -0.122.